The minimum absolute atomic E-state index is 0. The molecule has 1 amide bonds. The van der Waals surface area contributed by atoms with Crippen LogP contribution in [-0.4, -0.2) is 29.7 Å². The molecule has 1 saturated heterocycles. The van der Waals surface area contributed by atoms with E-state index in [9.17, 15) is 4.79 Å². The van der Waals surface area contributed by atoms with Crippen molar-refractivity contribution in [2.24, 2.45) is 11.0 Å². The number of hydrazine groups is 1. The quantitative estimate of drug-likeness (QED) is 0.535. The number of hydrazone groups is 1. The number of nitrogens with zero attached hydrogens (tertiary/aromatic N) is 3. The van der Waals surface area contributed by atoms with Crippen molar-refractivity contribution in [3.8, 4) is 0 Å². The third kappa shape index (κ3) is 4.90. The molecule has 0 radical (unpaired) electrons. The van der Waals surface area contributed by atoms with Gasteiger partial charge in [-0.2, -0.15) is 5.10 Å². The number of nitrogens with one attached hydrogen (secondary N) is 1. The molecular formula is C20H22Cl4N4OS. The van der Waals surface area contributed by atoms with Gasteiger partial charge in [0.2, 0.25) is 0 Å². The first-order chi connectivity index (χ1) is 13.9. The number of piperidine rings is 1. The molecule has 1 N–H and O–H groups in total. The van der Waals surface area contributed by atoms with Crippen LogP contribution >= 0.6 is 58.5 Å². The molecule has 0 aliphatic carbocycles. The zero-order valence-corrected chi connectivity index (χ0v) is 20.2. The van der Waals surface area contributed by atoms with E-state index < -0.39 is 0 Å². The standard InChI is InChI=1S/C20H21Cl3N4OS.ClH/c1-12-18(20(28)25-26-9-3-2-4-10-26)24-27(15-6-5-13(21)11-14(15)22)19(12)16-7-8-17(23)29-16;/h5-8,11-12,19H,2-4,9-10H2,1H3,(H,25,28);1H/t12-,19-;/m1./s1. The van der Waals surface area contributed by atoms with Gasteiger partial charge in [0.25, 0.3) is 5.91 Å². The maximum atomic E-state index is 13.0. The monoisotopic (exact) mass is 506 g/mol. The van der Waals surface area contributed by atoms with Crippen LogP contribution < -0.4 is 10.4 Å². The van der Waals surface area contributed by atoms with Crippen LogP contribution in [0.4, 0.5) is 5.69 Å². The smallest absolute Gasteiger partial charge is 0.282 e. The molecule has 2 aliphatic heterocycles. The molecular weight excluding hydrogens is 486 g/mol. The molecule has 0 saturated carbocycles. The zero-order chi connectivity index (χ0) is 20.5. The summed E-state index contributed by atoms with van der Waals surface area (Å²) >= 11 is 20.2. The summed E-state index contributed by atoms with van der Waals surface area (Å²) in [7, 11) is 0. The Morgan fingerprint density at radius 1 is 1.13 bits per heavy atom. The number of benzene rings is 1. The first kappa shape index (κ1) is 23.6. The summed E-state index contributed by atoms with van der Waals surface area (Å²) in [5.74, 6) is -0.305. The van der Waals surface area contributed by atoms with Crippen molar-refractivity contribution >= 4 is 75.9 Å². The molecule has 0 spiro atoms. The molecule has 1 aromatic heterocycles. The largest absolute Gasteiger partial charge is 0.284 e. The molecule has 162 valence electrons. The van der Waals surface area contributed by atoms with E-state index in [0.717, 1.165) is 30.8 Å². The minimum atomic E-state index is -0.173. The summed E-state index contributed by atoms with van der Waals surface area (Å²) < 4.78 is 0.695. The van der Waals surface area contributed by atoms with Gasteiger partial charge in [-0.3, -0.25) is 15.2 Å². The lowest BCUT2D eigenvalue weighted by Crippen LogP contribution is -2.48. The lowest BCUT2D eigenvalue weighted by Gasteiger charge is -2.27. The van der Waals surface area contributed by atoms with E-state index in [1.54, 1.807) is 12.1 Å². The fourth-order valence-corrected chi connectivity index (χ4v) is 5.56. The van der Waals surface area contributed by atoms with Crippen molar-refractivity contribution in [2.75, 3.05) is 18.1 Å². The van der Waals surface area contributed by atoms with Crippen molar-refractivity contribution in [1.82, 2.24) is 10.4 Å². The topological polar surface area (TPSA) is 47.9 Å². The summed E-state index contributed by atoms with van der Waals surface area (Å²) in [6, 6.07) is 8.95. The van der Waals surface area contributed by atoms with Crippen LogP contribution in [-0.2, 0) is 4.79 Å². The molecule has 5 nitrogen and oxygen atoms in total. The predicted octanol–water partition coefficient (Wildman–Crippen LogP) is 6.20. The highest BCUT2D eigenvalue weighted by Gasteiger charge is 2.41. The van der Waals surface area contributed by atoms with Gasteiger partial charge in [-0.1, -0.05) is 48.1 Å². The van der Waals surface area contributed by atoms with Crippen LogP contribution in [0.5, 0.6) is 0 Å². The number of halogens is 4. The third-order valence-corrected chi connectivity index (χ3v) is 7.11. The zero-order valence-electron chi connectivity index (χ0n) is 16.3. The van der Waals surface area contributed by atoms with Crippen LogP contribution in [0.25, 0.3) is 0 Å². The predicted molar refractivity (Wildman–Crippen MR) is 128 cm³/mol. The molecule has 0 unspecified atom stereocenters. The Morgan fingerprint density at radius 3 is 2.50 bits per heavy atom. The van der Waals surface area contributed by atoms with Gasteiger partial charge in [-0.15, -0.1) is 23.7 Å². The Balaban J connectivity index is 0.00000256. The lowest BCUT2D eigenvalue weighted by atomic mass is 9.95. The van der Waals surface area contributed by atoms with Crippen molar-refractivity contribution in [1.29, 1.82) is 0 Å². The van der Waals surface area contributed by atoms with E-state index in [0.29, 0.717) is 25.8 Å². The summed E-state index contributed by atoms with van der Waals surface area (Å²) in [5, 5.41) is 9.54. The number of hydrogen-bond acceptors (Lipinski definition) is 5. The SMILES string of the molecule is C[C@@H]1C(C(=O)NN2CCCCC2)=NN(c2ccc(Cl)cc2Cl)[C@H]1c1ccc(Cl)s1.Cl. The van der Waals surface area contributed by atoms with E-state index in [1.807, 2.05) is 35.1 Å². The Bertz CT molecular complexity index is 945. The summed E-state index contributed by atoms with van der Waals surface area (Å²) in [4.78, 5) is 14.1. The van der Waals surface area contributed by atoms with Crippen LogP contribution in [0.2, 0.25) is 14.4 Å². The lowest BCUT2D eigenvalue weighted by molar-refractivity contribution is -0.120. The van der Waals surface area contributed by atoms with E-state index in [1.165, 1.54) is 17.8 Å². The van der Waals surface area contributed by atoms with Gasteiger partial charge in [-0.05, 0) is 43.2 Å². The Labute approximate surface area is 201 Å². The maximum absolute atomic E-state index is 13.0. The molecule has 0 bridgehead atoms. The van der Waals surface area contributed by atoms with Gasteiger partial charge in [0.1, 0.15) is 5.71 Å². The number of hydrogen-bond donors (Lipinski definition) is 1. The van der Waals surface area contributed by atoms with Crippen molar-refractivity contribution < 1.29 is 4.79 Å². The van der Waals surface area contributed by atoms with Gasteiger partial charge in [0.15, 0.2) is 0 Å². The van der Waals surface area contributed by atoms with E-state index >= 15 is 0 Å². The first-order valence-corrected chi connectivity index (χ1v) is 11.5. The molecule has 2 atom stereocenters. The third-order valence-electron chi connectivity index (χ3n) is 5.27. The van der Waals surface area contributed by atoms with E-state index in [2.05, 4.69) is 5.43 Å². The highest BCUT2D eigenvalue weighted by atomic mass is 35.5. The van der Waals surface area contributed by atoms with Gasteiger partial charge in [0.05, 0.1) is 21.1 Å². The second-order valence-electron chi connectivity index (χ2n) is 7.29. The molecule has 2 aromatic rings. The van der Waals surface area contributed by atoms with Gasteiger partial charge < -0.3 is 0 Å². The summed E-state index contributed by atoms with van der Waals surface area (Å²) in [6.45, 7) is 3.74. The summed E-state index contributed by atoms with van der Waals surface area (Å²) in [5.41, 5.74) is 4.21. The van der Waals surface area contributed by atoms with Crippen LogP contribution in [0, 0.1) is 5.92 Å². The Hall–Kier alpha value is -1.02. The fraction of sp³-hybridized carbons (Fsp3) is 0.400. The molecule has 1 fully saturated rings. The molecule has 3 heterocycles. The highest BCUT2D eigenvalue weighted by molar-refractivity contribution is 7.16. The van der Waals surface area contributed by atoms with Gasteiger partial charge >= 0.3 is 0 Å². The Morgan fingerprint density at radius 2 is 1.87 bits per heavy atom. The van der Waals surface area contributed by atoms with Crippen molar-refractivity contribution in [3.63, 3.8) is 0 Å². The van der Waals surface area contributed by atoms with Crippen LogP contribution in [0.1, 0.15) is 37.1 Å². The number of amides is 1. The van der Waals surface area contributed by atoms with Gasteiger partial charge in [-0.25, -0.2) is 5.01 Å². The molecule has 4 rings (SSSR count). The normalized spacial score (nSPS) is 21.9. The van der Waals surface area contributed by atoms with Crippen molar-refractivity contribution in [3.05, 3.63) is 49.6 Å². The molecule has 1 aromatic carbocycles. The van der Waals surface area contributed by atoms with E-state index in [4.69, 9.17) is 39.9 Å². The van der Waals surface area contributed by atoms with Crippen LogP contribution in [0.15, 0.2) is 35.4 Å². The second kappa shape index (κ2) is 10.1. The fourth-order valence-electron chi connectivity index (χ4n) is 3.81. The highest BCUT2D eigenvalue weighted by Crippen LogP contribution is 2.44. The molecule has 30 heavy (non-hydrogen) atoms. The number of anilines is 1. The molecule has 10 heteroatoms. The average Bonchev–Trinajstić information content (AvgIpc) is 3.25. The van der Waals surface area contributed by atoms with Crippen molar-refractivity contribution in [2.45, 2.75) is 32.2 Å². The summed E-state index contributed by atoms with van der Waals surface area (Å²) in [6.07, 6.45) is 3.38. The number of thiophene rings is 1. The van der Waals surface area contributed by atoms with Crippen LogP contribution in [0.3, 0.4) is 0 Å². The first-order valence-electron chi connectivity index (χ1n) is 9.58. The minimum Gasteiger partial charge on any atom is -0.284 e. The maximum Gasteiger partial charge on any atom is 0.282 e. The molecule has 2 aliphatic rings. The second-order valence-corrected chi connectivity index (χ2v) is 9.88. The number of carbonyl (C=O) groups excluding carboxylic acids is 1. The Kier molecular flexibility index (Phi) is 7.93. The average molecular weight is 508 g/mol. The van der Waals surface area contributed by atoms with Gasteiger partial charge in [0, 0.05) is 28.9 Å². The van der Waals surface area contributed by atoms with E-state index in [-0.39, 0.29) is 30.3 Å². The number of rotatable bonds is 4. The number of carbonyl (C=O) groups is 1.